The number of hydrogen-bond acceptors (Lipinski definition) is 4. The Morgan fingerprint density at radius 2 is 2.04 bits per heavy atom. The lowest BCUT2D eigenvalue weighted by atomic mass is 10.2. The third-order valence-electron chi connectivity index (χ3n) is 4.12. The molecule has 1 aromatic heterocycles. The van der Waals surface area contributed by atoms with Crippen molar-refractivity contribution >= 4 is 28.2 Å². The van der Waals surface area contributed by atoms with Crippen molar-refractivity contribution in [3.05, 3.63) is 71.5 Å². The van der Waals surface area contributed by atoms with Gasteiger partial charge in [0, 0.05) is 17.1 Å². The summed E-state index contributed by atoms with van der Waals surface area (Å²) in [4.78, 5) is 15.9. The van der Waals surface area contributed by atoms with Crippen LogP contribution in [0, 0.1) is 5.82 Å². The summed E-state index contributed by atoms with van der Waals surface area (Å²) in [5.41, 5.74) is 0.935. The summed E-state index contributed by atoms with van der Waals surface area (Å²) in [5, 5.41) is 19.9. The van der Waals surface area contributed by atoms with Crippen LogP contribution in [0.25, 0.3) is 16.6 Å². The predicted octanol–water partition coefficient (Wildman–Crippen LogP) is 2.72. The normalized spacial score (nSPS) is 13.4. The highest BCUT2D eigenvalue weighted by molar-refractivity contribution is 6.14. The summed E-state index contributed by atoms with van der Waals surface area (Å²) in [5.74, 6) is -1.17. The van der Waals surface area contributed by atoms with Crippen molar-refractivity contribution in [2.75, 3.05) is 0 Å². The average Bonchev–Trinajstić information content (AvgIpc) is 3.08. The van der Waals surface area contributed by atoms with E-state index in [1.807, 2.05) is 18.2 Å². The van der Waals surface area contributed by atoms with Crippen molar-refractivity contribution in [2.24, 2.45) is 15.2 Å². The molecule has 1 N–H and O–H groups in total. The Morgan fingerprint density at radius 3 is 2.85 bits per heavy atom. The number of rotatable bonds is 4. The molecule has 1 aliphatic rings. The maximum atomic E-state index is 13.5. The molecule has 0 aliphatic carbocycles. The number of carbonyl (C=O) groups is 1. The number of aromatic hydroxyl groups is 1. The van der Waals surface area contributed by atoms with Crippen LogP contribution in [0.15, 0.2) is 70.3 Å². The number of halogens is 1. The molecule has 0 fully saturated rings. The van der Waals surface area contributed by atoms with E-state index < -0.39 is 11.7 Å². The van der Waals surface area contributed by atoms with Gasteiger partial charge in [-0.2, -0.15) is 0 Å². The van der Waals surface area contributed by atoms with Gasteiger partial charge in [0.2, 0.25) is 5.88 Å². The van der Waals surface area contributed by atoms with E-state index in [9.17, 15) is 14.3 Å². The number of fused-ring (bicyclic) bond motifs is 2. The van der Waals surface area contributed by atoms with E-state index in [4.69, 9.17) is 0 Å². The molecule has 3 aromatic rings. The molecule has 0 spiro atoms. The summed E-state index contributed by atoms with van der Waals surface area (Å²) in [6.45, 7) is 4.07. The van der Waals surface area contributed by atoms with E-state index >= 15 is 0 Å². The van der Waals surface area contributed by atoms with Crippen LogP contribution in [0.4, 0.5) is 10.1 Å². The molecule has 0 bridgehead atoms. The molecule has 2 aromatic carbocycles. The van der Waals surface area contributed by atoms with Gasteiger partial charge in [-0.25, -0.2) is 9.38 Å². The molecule has 6 nitrogen and oxygen atoms in total. The fourth-order valence-electron chi connectivity index (χ4n) is 2.95. The van der Waals surface area contributed by atoms with E-state index in [2.05, 4.69) is 21.8 Å². The lowest BCUT2D eigenvalue weighted by Gasteiger charge is -2.01. The molecule has 0 atom stereocenters. The summed E-state index contributed by atoms with van der Waals surface area (Å²) in [6, 6.07) is 11.1. The molecule has 128 valence electrons. The molecular formula is C19H13FN4O2. The smallest absolute Gasteiger partial charge is 0.298 e. The van der Waals surface area contributed by atoms with Crippen LogP contribution in [0.5, 0.6) is 5.88 Å². The zero-order chi connectivity index (χ0) is 18.3. The molecular weight excluding hydrogens is 335 g/mol. The number of allylic oxidation sites excluding steroid dienone is 1. The lowest BCUT2D eigenvalue weighted by Crippen LogP contribution is -2.22. The number of amides is 1. The molecule has 26 heavy (non-hydrogen) atoms. The fraction of sp³-hybridized carbons (Fsp3) is 0.0526. The van der Waals surface area contributed by atoms with E-state index in [-0.39, 0.29) is 22.5 Å². The maximum absolute atomic E-state index is 13.5. The SMILES string of the molecule is C=CCn1c(O)c(N=NC2=c3cc(F)ccc3=NC2=O)c2ccccc21. The second kappa shape index (κ2) is 6.03. The Kier molecular flexibility index (Phi) is 3.69. The highest BCUT2D eigenvalue weighted by Crippen LogP contribution is 2.39. The monoisotopic (exact) mass is 348 g/mol. The number of azo groups is 1. The van der Waals surface area contributed by atoms with Crippen molar-refractivity contribution in [2.45, 2.75) is 6.54 Å². The topological polar surface area (TPSA) is 79.3 Å². The van der Waals surface area contributed by atoms with Crippen LogP contribution >= 0.6 is 0 Å². The number of carbonyl (C=O) groups excluding carboxylic acids is 1. The Labute approximate surface area is 146 Å². The molecule has 1 amide bonds. The van der Waals surface area contributed by atoms with Crippen LogP contribution in [0.2, 0.25) is 0 Å². The summed E-state index contributed by atoms with van der Waals surface area (Å²) in [6.07, 6.45) is 1.65. The van der Waals surface area contributed by atoms with Crippen molar-refractivity contribution in [3.63, 3.8) is 0 Å². The molecule has 0 saturated carbocycles. The van der Waals surface area contributed by atoms with Gasteiger partial charge in [0.05, 0.1) is 10.9 Å². The van der Waals surface area contributed by atoms with Crippen LogP contribution in [-0.2, 0) is 11.3 Å². The van der Waals surface area contributed by atoms with Crippen molar-refractivity contribution in [3.8, 4) is 5.88 Å². The Balaban J connectivity index is 1.90. The standard InChI is InChI=1S/C19H13FN4O2/c1-2-9-24-15-6-4-3-5-12(15)17(19(24)26)23-22-16-13-10-11(20)7-8-14(13)21-18(16)25/h2-8,10,26H,1,9H2. The van der Waals surface area contributed by atoms with Gasteiger partial charge in [-0.05, 0) is 24.3 Å². The molecule has 0 radical (unpaired) electrons. The minimum absolute atomic E-state index is 0.0561. The first-order chi connectivity index (χ1) is 12.6. The minimum Gasteiger partial charge on any atom is -0.493 e. The van der Waals surface area contributed by atoms with Gasteiger partial charge in [0.1, 0.15) is 5.82 Å². The van der Waals surface area contributed by atoms with E-state index in [1.165, 1.54) is 18.2 Å². The van der Waals surface area contributed by atoms with E-state index in [0.717, 1.165) is 5.52 Å². The minimum atomic E-state index is -0.594. The average molecular weight is 348 g/mol. The van der Waals surface area contributed by atoms with Gasteiger partial charge in [-0.1, -0.05) is 24.3 Å². The first-order valence-electron chi connectivity index (χ1n) is 7.86. The summed E-state index contributed by atoms with van der Waals surface area (Å²) >= 11 is 0. The van der Waals surface area contributed by atoms with Crippen molar-refractivity contribution < 1.29 is 14.3 Å². The zero-order valence-electron chi connectivity index (χ0n) is 13.6. The lowest BCUT2D eigenvalue weighted by molar-refractivity contribution is -0.112. The number of benzene rings is 2. The van der Waals surface area contributed by atoms with Crippen LogP contribution in [-0.4, -0.2) is 15.6 Å². The highest BCUT2D eigenvalue weighted by Gasteiger charge is 2.19. The zero-order valence-corrected chi connectivity index (χ0v) is 13.6. The third kappa shape index (κ3) is 2.41. The Hall–Kier alpha value is -3.61. The largest absolute Gasteiger partial charge is 0.493 e. The van der Waals surface area contributed by atoms with Crippen LogP contribution in [0.3, 0.4) is 0 Å². The molecule has 4 rings (SSSR count). The van der Waals surface area contributed by atoms with Gasteiger partial charge in [-0.15, -0.1) is 16.8 Å². The molecule has 0 saturated heterocycles. The second-order valence-corrected chi connectivity index (χ2v) is 5.72. The predicted molar refractivity (Wildman–Crippen MR) is 93.9 cm³/mol. The van der Waals surface area contributed by atoms with Crippen LogP contribution in [0.1, 0.15) is 0 Å². The highest BCUT2D eigenvalue weighted by atomic mass is 19.1. The molecule has 2 heterocycles. The molecule has 1 aliphatic heterocycles. The Bertz CT molecular complexity index is 1220. The first kappa shape index (κ1) is 15.9. The number of hydrogen-bond donors (Lipinski definition) is 1. The van der Waals surface area contributed by atoms with E-state index in [0.29, 0.717) is 17.3 Å². The van der Waals surface area contributed by atoms with E-state index in [1.54, 1.807) is 16.7 Å². The summed E-state index contributed by atoms with van der Waals surface area (Å²) < 4.78 is 15.1. The number of nitrogens with zero attached hydrogens (tertiary/aromatic N) is 4. The first-order valence-corrected chi connectivity index (χ1v) is 7.86. The van der Waals surface area contributed by atoms with Gasteiger partial charge in [0.25, 0.3) is 5.91 Å². The van der Waals surface area contributed by atoms with Gasteiger partial charge in [-0.3, -0.25) is 4.79 Å². The quantitative estimate of drug-likeness (QED) is 0.581. The fourth-order valence-corrected chi connectivity index (χ4v) is 2.95. The number of para-hydroxylation sites is 1. The van der Waals surface area contributed by atoms with Crippen LogP contribution < -0.4 is 10.6 Å². The molecule has 7 heteroatoms. The summed E-state index contributed by atoms with van der Waals surface area (Å²) in [7, 11) is 0. The van der Waals surface area contributed by atoms with Gasteiger partial charge < -0.3 is 9.67 Å². The second-order valence-electron chi connectivity index (χ2n) is 5.72. The van der Waals surface area contributed by atoms with Gasteiger partial charge >= 0.3 is 0 Å². The third-order valence-corrected chi connectivity index (χ3v) is 4.12. The van der Waals surface area contributed by atoms with Gasteiger partial charge in [0.15, 0.2) is 11.4 Å². The molecule has 0 unspecified atom stereocenters. The van der Waals surface area contributed by atoms with Crippen molar-refractivity contribution in [1.82, 2.24) is 4.57 Å². The van der Waals surface area contributed by atoms with Crippen molar-refractivity contribution in [1.29, 1.82) is 0 Å². The maximum Gasteiger partial charge on any atom is 0.298 e. The Morgan fingerprint density at radius 1 is 1.23 bits per heavy atom. The number of aromatic nitrogens is 1.